The Morgan fingerprint density at radius 2 is 2.28 bits per heavy atom. The molecule has 0 saturated carbocycles. The molecule has 1 unspecified atom stereocenters. The molecule has 3 rings (SSSR count). The SMILES string of the molecule is Cc1noc(COC2CN(C(=O)C(C)Oc3cccc(CO)c3)C2)n1. The van der Waals surface area contributed by atoms with E-state index in [0.29, 0.717) is 30.6 Å². The van der Waals surface area contributed by atoms with Crippen molar-refractivity contribution < 1.29 is 23.9 Å². The third kappa shape index (κ3) is 4.34. The van der Waals surface area contributed by atoms with Gasteiger partial charge in [-0.3, -0.25) is 4.79 Å². The maximum Gasteiger partial charge on any atom is 0.263 e. The van der Waals surface area contributed by atoms with Gasteiger partial charge in [0.15, 0.2) is 11.9 Å². The molecule has 1 aliphatic rings. The summed E-state index contributed by atoms with van der Waals surface area (Å²) < 4.78 is 16.3. The maximum absolute atomic E-state index is 12.4. The van der Waals surface area contributed by atoms with Crippen molar-refractivity contribution in [1.82, 2.24) is 15.0 Å². The van der Waals surface area contributed by atoms with Crippen LogP contribution in [0.25, 0.3) is 0 Å². The van der Waals surface area contributed by atoms with Crippen LogP contribution in [0.3, 0.4) is 0 Å². The number of nitrogens with zero attached hydrogens (tertiary/aromatic N) is 3. The van der Waals surface area contributed by atoms with Crippen molar-refractivity contribution in [3.05, 3.63) is 41.5 Å². The smallest absolute Gasteiger partial charge is 0.263 e. The lowest BCUT2D eigenvalue weighted by atomic mass is 10.1. The zero-order valence-electron chi connectivity index (χ0n) is 14.2. The lowest BCUT2D eigenvalue weighted by molar-refractivity contribution is -0.153. The number of benzene rings is 1. The molecule has 8 nitrogen and oxygen atoms in total. The molecule has 0 aliphatic carbocycles. The second-order valence-electron chi connectivity index (χ2n) is 5.98. The molecular weight excluding hydrogens is 326 g/mol. The van der Waals surface area contributed by atoms with Gasteiger partial charge in [0.05, 0.1) is 12.7 Å². The zero-order chi connectivity index (χ0) is 17.8. The Labute approximate surface area is 145 Å². The van der Waals surface area contributed by atoms with Gasteiger partial charge in [-0.15, -0.1) is 0 Å². The fourth-order valence-electron chi connectivity index (χ4n) is 2.54. The normalized spacial score (nSPS) is 15.7. The summed E-state index contributed by atoms with van der Waals surface area (Å²) in [5.74, 6) is 1.47. The molecule has 25 heavy (non-hydrogen) atoms. The molecular formula is C17H21N3O5. The second kappa shape index (κ2) is 7.62. The first kappa shape index (κ1) is 17.4. The number of rotatable bonds is 7. The van der Waals surface area contributed by atoms with Gasteiger partial charge in [-0.2, -0.15) is 4.98 Å². The lowest BCUT2D eigenvalue weighted by Crippen LogP contribution is -2.57. The topological polar surface area (TPSA) is 97.9 Å². The van der Waals surface area contributed by atoms with Gasteiger partial charge in [0, 0.05) is 13.1 Å². The fourth-order valence-corrected chi connectivity index (χ4v) is 2.54. The Morgan fingerprint density at radius 1 is 1.48 bits per heavy atom. The molecule has 1 N–H and O–H groups in total. The van der Waals surface area contributed by atoms with Crippen LogP contribution in [-0.4, -0.2) is 51.4 Å². The Kier molecular flexibility index (Phi) is 5.30. The third-order valence-corrected chi connectivity index (χ3v) is 3.91. The van der Waals surface area contributed by atoms with Crippen molar-refractivity contribution in [3.63, 3.8) is 0 Å². The van der Waals surface area contributed by atoms with E-state index in [-0.39, 0.29) is 25.2 Å². The van der Waals surface area contributed by atoms with Crippen molar-refractivity contribution in [2.75, 3.05) is 13.1 Å². The van der Waals surface area contributed by atoms with Gasteiger partial charge in [-0.25, -0.2) is 0 Å². The molecule has 1 aromatic heterocycles. The third-order valence-electron chi connectivity index (χ3n) is 3.91. The van der Waals surface area contributed by atoms with Gasteiger partial charge >= 0.3 is 0 Å². The standard InChI is InChI=1S/C17H21N3O5/c1-11(24-14-5-3-4-13(6-14)9-21)17(22)20-7-15(8-20)23-10-16-18-12(2)19-25-16/h3-6,11,15,21H,7-10H2,1-2H3. The molecule has 2 aromatic rings. The van der Waals surface area contributed by atoms with E-state index < -0.39 is 6.10 Å². The van der Waals surface area contributed by atoms with Crippen LogP contribution >= 0.6 is 0 Å². The van der Waals surface area contributed by atoms with E-state index in [0.717, 1.165) is 5.56 Å². The first-order valence-electron chi connectivity index (χ1n) is 8.11. The highest BCUT2D eigenvalue weighted by Gasteiger charge is 2.34. The number of likely N-dealkylation sites (tertiary alicyclic amines) is 1. The zero-order valence-corrected chi connectivity index (χ0v) is 14.2. The molecule has 1 atom stereocenters. The van der Waals surface area contributed by atoms with Crippen LogP contribution in [0.2, 0.25) is 0 Å². The van der Waals surface area contributed by atoms with E-state index in [1.807, 2.05) is 0 Å². The number of carbonyl (C=O) groups is 1. The molecule has 0 bridgehead atoms. The minimum absolute atomic E-state index is 0.0407. The van der Waals surface area contributed by atoms with Gasteiger partial charge in [0.25, 0.3) is 11.8 Å². The number of aliphatic hydroxyl groups excluding tert-OH is 1. The van der Waals surface area contributed by atoms with Crippen molar-refractivity contribution in [2.24, 2.45) is 0 Å². The van der Waals surface area contributed by atoms with Gasteiger partial charge in [-0.05, 0) is 31.5 Å². The molecule has 2 heterocycles. The van der Waals surface area contributed by atoms with Crippen molar-refractivity contribution in [3.8, 4) is 5.75 Å². The molecule has 8 heteroatoms. The van der Waals surface area contributed by atoms with Crippen LogP contribution in [0.15, 0.2) is 28.8 Å². The Bertz CT molecular complexity index is 727. The minimum Gasteiger partial charge on any atom is -0.481 e. The first-order valence-corrected chi connectivity index (χ1v) is 8.11. The molecule has 0 spiro atoms. The van der Waals surface area contributed by atoms with E-state index in [9.17, 15) is 4.79 Å². The molecule has 1 saturated heterocycles. The van der Waals surface area contributed by atoms with E-state index in [4.69, 9.17) is 19.1 Å². The minimum atomic E-state index is -0.603. The predicted octanol–water partition coefficient (Wildman–Crippen LogP) is 1.07. The summed E-state index contributed by atoms with van der Waals surface area (Å²) >= 11 is 0. The lowest BCUT2D eigenvalue weighted by Gasteiger charge is -2.39. The summed E-state index contributed by atoms with van der Waals surface area (Å²) in [6.07, 6.45) is -0.644. The highest BCUT2D eigenvalue weighted by Crippen LogP contribution is 2.19. The van der Waals surface area contributed by atoms with Crippen molar-refractivity contribution in [1.29, 1.82) is 0 Å². The average Bonchev–Trinajstić information content (AvgIpc) is 2.98. The maximum atomic E-state index is 12.4. The van der Waals surface area contributed by atoms with E-state index in [1.165, 1.54) is 0 Å². The first-order chi connectivity index (χ1) is 12.0. The second-order valence-corrected chi connectivity index (χ2v) is 5.98. The largest absolute Gasteiger partial charge is 0.481 e. The number of hydrogen-bond donors (Lipinski definition) is 1. The highest BCUT2D eigenvalue weighted by atomic mass is 16.5. The van der Waals surface area contributed by atoms with E-state index in [1.54, 1.807) is 43.0 Å². The van der Waals surface area contributed by atoms with Crippen LogP contribution in [0.1, 0.15) is 24.2 Å². The summed E-state index contributed by atoms with van der Waals surface area (Å²) in [6.45, 7) is 4.65. The molecule has 134 valence electrons. The molecule has 1 fully saturated rings. The number of aliphatic hydroxyl groups is 1. The summed E-state index contributed by atoms with van der Waals surface area (Å²) in [4.78, 5) is 18.1. The summed E-state index contributed by atoms with van der Waals surface area (Å²) in [7, 11) is 0. The van der Waals surface area contributed by atoms with E-state index in [2.05, 4.69) is 10.1 Å². The fraction of sp³-hybridized carbons (Fsp3) is 0.471. The van der Waals surface area contributed by atoms with Crippen LogP contribution in [0.4, 0.5) is 0 Å². The van der Waals surface area contributed by atoms with Crippen LogP contribution in [0.5, 0.6) is 5.75 Å². The Morgan fingerprint density at radius 3 is 2.96 bits per heavy atom. The molecule has 1 aromatic carbocycles. The Balaban J connectivity index is 1.43. The van der Waals surface area contributed by atoms with Gasteiger partial charge in [0.1, 0.15) is 12.4 Å². The van der Waals surface area contributed by atoms with Crippen LogP contribution in [-0.2, 0) is 22.7 Å². The van der Waals surface area contributed by atoms with Crippen molar-refractivity contribution in [2.45, 2.75) is 39.3 Å². The summed E-state index contributed by atoms with van der Waals surface area (Å²) in [5, 5.41) is 12.8. The number of amides is 1. The summed E-state index contributed by atoms with van der Waals surface area (Å²) in [5.41, 5.74) is 0.742. The summed E-state index contributed by atoms with van der Waals surface area (Å²) in [6, 6.07) is 7.06. The number of hydrogen-bond acceptors (Lipinski definition) is 7. The Hall–Kier alpha value is -2.45. The number of aryl methyl sites for hydroxylation is 1. The van der Waals surface area contributed by atoms with Gasteiger partial charge in [-0.1, -0.05) is 17.3 Å². The van der Waals surface area contributed by atoms with Crippen LogP contribution in [0, 0.1) is 6.92 Å². The number of ether oxygens (including phenoxy) is 2. The van der Waals surface area contributed by atoms with E-state index >= 15 is 0 Å². The monoisotopic (exact) mass is 347 g/mol. The predicted molar refractivity (Wildman–Crippen MR) is 86.6 cm³/mol. The number of aromatic nitrogens is 2. The van der Waals surface area contributed by atoms with Crippen molar-refractivity contribution >= 4 is 5.91 Å². The quantitative estimate of drug-likeness (QED) is 0.800. The number of carbonyl (C=O) groups excluding carboxylic acids is 1. The van der Waals surface area contributed by atoms with Gasteiger partial charge in [0.2, 0.25) is 0 Å². The molecule has 1 aliphatic heterocycles. The van der Waals surface area contributed by atoms with Crippen LogP contribution < -0.4 is 4.74 Å². The van der Waals surface area contributed by atoms with Gasteiger partial charge < -0.3 is 24.0 Å². The highest BCUT2D eigenvalue weighted by molar-refractivity contribution is 5.81. The molecule has 0 radical (unpaired) electrons. The molecule has 1 amide bonds. The average molecular weight is 347 g/mol.